The maximum Gasteiger partial charge on any atom is 0.263 e. The third kappa shape index (κ3) is 2.57. The molecule has 2 aliphatic heterocycles. The maximum atomic E-state index is 13.1. The van der Waals surface area contributed by atoms with Crippen LogP contribution in [-0.2, 0) is 11.2 Å². The number of piperidine rings is 1. The monoisotopic (exact) mass is 263 g/mol. The lowest BCUT2D eigenvalue weighted by atomic mass is 10.0. The van der Waals surface area contributed by atoms with Crippen molar-refractivity contribution in [2.45, 2.75) is 38.2 Å². The number of hydrogen-bond donors (Lipinski definition) is 0. The van der Waals surface area contributed by atoms with Crippen LogP contribution in [0.5, 0.6) is 5.75 Å². The summed E-state index contributed by atoms with van der Waals surface area (Å²) < 4.78 is 18.9. The van der Waals surface area contributed by atoms with Crippen molar-refractivity contribution in [3.05, 3.63) is 29.6 Å². The molecule has 1 saturated heterocycles. The lowest BCUT2D eigenvalue weighted by Gasteiger charge is -2.32. The summed E-state index contributed by atoms with van der Waals surface area (Å²) in [6, 6.07) is 4.50. The number of rotatable bonds is 1. The number of ether oxygens (including phenoxy) is 1. The molecule has 1 unspecified atom stereocenters. The second-order valence-electron chi connectivity index (χ2n) is 5.28. The fourth-order valence-electron chi connectivity index (χ4n) is 2.85. The van der Waals surface area contributed by atoms with Crippen LogP contribution in [0, 0.1) is 5.82 Å². The SMILES string of the molecule is O=C(C1CCc2cc(F)ccc2O1)N1CCCCC1. The topological polar surface area (TPSA) is 29.5 Å². The Labute approximate surface area is 112 Å². The average Bonchev–Trinajstić information content (AvgIpc) is 2.47. The zero-order chi connectivity index (χ0) is 13.2. The number of amides is 1. The molecule has 0 N–H and O–H groups in total. The van der Waals surface area contributed by atoms with E-state index in [1.54, 1.807) is 6.07 Å². The Kier molecular flexibility index (Phi) is 3.40. The Hall–Kier alpha value is -1.58. The van der Waals surface area contributed by atoms with Gasteiger partial charge in [0.05, 0.1) is 0 Å². The molecule has 19 heavy (non-hydrogen) atoms. The largest absolute Gasteiger partial charge is 0.480 e. The third-order valence-corrected chi connectivity index (χ3v) is 3.91. The maximum absolute atomic E-state index is 13.1. The number of carbonyl (C=O) groups is 1. The molecule has 1 aromatic rings. The predicted octanol–water partition coefficient (Wildman–Crippen LogP) is 2.53. The van der Waals surface area contributed by atoms with Gasteiger partial charge in [0.2, 0.25) is 0 Å². The Morgan fingerprint density at radius 1 is 1.26 bits per heavy atom. The van der Waals surface area contributed by atoms with E-state index < -0.39 is 6.10 Å². The Morgan fingerprint density at radius 3 is 2.84 bits per heavy atom. The van der Waals surface area contributed by atoms with Crippen LogP contribution in [0.25, 0.3) is 0 Å². The molecule has 0 saturated carbocycles. The number of halogens is 1. The molecule has 3 rings (SSSR count). The second kappa shape index (κ2) is 5.19. The first-order chi connectivity index (χ1) is 9.24. The fourth-order valence-corrected chi connectivity index (χ4v) is 2.85. The zero-order valence-electron chi connectivity index (χ0n) is 10.9. The van der Waals surface area contributed by atoms with E-state index in [1.165, 1.54) is 18.6 Å². The molecular weight excluding hydrogens is 245 g/mol. The lowest BCUT2D eigenvalue weighted by molar-refractivity contribution is -0.140. The standard InChI is InChI=1S/C15H18FNO2/c16-12-5-7-13-11(10-12)4-6-14(19-13)15(18)17-8-2-1-3-9-17/h5,7,10,14H,1-4,6,8-9H2. The number of benzene rings is 1. The molecule has 0 bridgehead atoms. The molecular formula is C15H18FNO2. The van der Waals surface area contributed by atoms with Crippen molar-refractivity contribution in [1.82, 2.24) is 4.90 Å². The minimum atomic E-state index is -0.393. The van der Waals surface area contributed by atoms with Crippen molar-refractivity contribution < 1.29 is 13.9 Å². The van der Waals surface area contributed by atoms with Gasteiger partial charge >= 0.3 is 0 Å². The quantitative estimate of drug-likeness (QED) is 0.779. The van der Waals surface area contributed by atoms with Crippen LogP contribution >= 0.6 is 0 Å². The van der Waals surface area contributed by atoms with Gasteiger partial charge < -0.3 is 9.64 Å². The first-order valence-electron chi connectivity index (χ1n) is 6.98. The van der Waals surface area contributed by atoms with E-state index in [1.807, 2.05) is 4.90 Å². The van der Waals surface area contributed by atoms with E-state index in [0.29, 0.717) is 18.6 Å². The molecule has 0 spiro atoms. The third-order valence-electron chi connectivity index (χ3n) is 3.91. The van der Waals surface area contributed by atoms with E-state index in [0.717, 1.165) is 31.5 Å². The van der Waals surface area contributed by atoms with Gasteiger partial charge in [-0.05, 0) is 55.9 Å². The van der Waals surface area contributed by atoms with Crippen LogP contribution in [-0.4, -0.2) is 30.0 Å². The summed E-state index contributed by atoms with van der Waals surface area (Å²) in [5, 5.41) is 0. The summed E-state index contributed by atoms with van der Waals surface area (Å²) in [6.07, 6.45) is 4.33. The van der Waals surface area contributed by atoms with Gasteiger partial charge in [0.25, 0.3) is 5.91 Å². The van der Waals surface area contributed by atoms with Crippen molar-refractivity contribution in [3.8, 4) is 5.75 Å². The van der Waals surface area contributed by atoms with E-state index >= 15 is 0 Å². The van der Waals surface area contributed by atoms with Crippen LogP contribution in [0.4, 0.5) is 4.39 Å². The number of likely N-dealkylation sites (tertiary alicyclic amines) is 1. The molecule has 1 amide bonds. The number of hydrogen-bond acceptors (Lipinski definition) is 2. The van der Waals surface area contributed by atoms with Gasteiger partial charge in [-0.2, -0.15) is 0 Å². The van der Waals surface area contributed by atoms with E-state index in [4.69, 9.17) is 4.74 Å². The smallest absolute Gasteiger partial charge is 0.263 e. The highest BCUT2D eigenvalue weighted by Crippen LogP contribution is 2.29. The van der Waals surface area contributed by atoms with Crippen molar-refractivity contribution in [2.75, 3.05) is 13.1 Å². The van der Waals surface area contributed by atoms with Crippen molar-refractivity contribution >= 4 is 5.91 Å². The highest BCUT2D eigenvalue weighted by Gasteiger charge is 2.30. The van der Waals surface area contributed by atoms with Crippen LogP contribution in [0.1, 0.15) is 31.2 Å². The lowest BCUT2D eigenvalue weighted by Crippen LogP contribution is -2.45. The molecule has 0 aliphatic carbocycles. The van der Waals surface area contributed by atoms with E-state index in [2.05, 4.69) is 0 Å². The second-order valence-corrected chi connectivity index (χ2v) is 5.28. The van der Waals surface area contributed by atoms with Gasteiger partial charge in [0.1, 0.15) is 11.6 Å². The summed E-state index contributed by atoms with van der Waals surface area (Å²) in [6.45, 7) is 1.68. The van der Waals surface area contributed by atoms with E-state index in [9.17, 15) is 9.18 Å². The molecule has 0 radical (unpaired) electrons. The van der Waals surface area contributed by atoms with Crippen LogP contribution in [0.15, 0.2) is 18.2 Å². The zero-order valence-corrected chi connectivity index (χ0v) is 10.9. The van der Waals surface area contributed by atoms with Gasteiger partial charge in [-0.1, -0.05) is 0 Å². The predicted molar refractivity (Wildman–Crippen MR) is 69.6 cm³/mol. The summed E-state index contributed by atoms with van der Waals surface area (Å²) in [5.41, 5.74) is 0.864. The van der Waals surface area contributed by atoms with Gasteiger partial charge in [0, 0.05) is 13.1 Å². The number of fused-ring (bicyclic) bond motifs is 1. The van der Waals surface area contributed by atoms with Crippen molar-refractivity contribution in [3.63, 3.8) is 0 Å². The minimum Gasteiger partial charge on any atom is -0.480 e. The van der Waals surface area contributed by atoms with Crippen molar-refractivity contribution in [2.24, 2.45) is 0 Å². The molecule has 2 heterocycles. The summed E-state index contributed by atoms with van der Waals surface area (Å²) in [4.78, 5) is 14.3. The highest BCUT2D eigenvalue weighted by molar-refractivity contribution is 5.81. The van der Waals surface area contributed by atoms with Gasteiger partial charge in [0.15, 0.2) is 6.10 Å². The Morgan fingerprint density at radius 2 is 2.05 bits per heavy atom. The summed E-state index contributed by atoms with van der Waals surface area (Å²) in [7, 11) is 0. The first kappa shape index (κ1) is 12.5. The minimum absolute atomic E-state index is 0.0923. The average molecular weight is 263 g/mol. The molecule has 1 atom stereocenters. The summed E-state index contributed by atoms with van der Waals surface area (Å²) >= 11 is 0. The van der Waals surface area contributed by atoms with E-state index in [-0.39, 0.29) is 11.7 Å². The van der Waals surface area contributed by atoms with Crippen LogP contribution in [0.3, 0.4) is 0 Å². The molecule has 4 heteroatoms. The van der Waals surface area contributed by atoms with Crippen LogP contribution in [0.2, 0.25) is 0 Å². The van der Waals surface area contributed by atoms with Crippen LogP contribution < -0.4 is 4.74 Å². The number of aryl methyl sites for hydroxylation is 1. The molecule has 1 aromatic carbocycles. The van der Waals surface area contributed by atoms with Gasteiger partial charge in [-0.3, -0.25) is 4.79 Å². The summed E-state index contributed by atoms with van der Waals surface area (Å²) in [5.74, 6) is 0.501. The van der Waals surface area contributed by atoms with Crippen molar-refractivity contribution in [1.29, 1.82) is 0 Å². The Bertz CT molecular complexity index is 483. The first-order valence-corrected chi connectivity index (χ1v) is 6.98. The number of nitrogens with zero attached hydrogens (tertiary/aromatic N) is 1. The highest BCUT2D eigenvalue weighted by atomic mass is 19.1. The molecule has 2 aliphatic rings. The van der Waals surface area contributed by atoms with Gasteiger partial charge in [-0.15, -0.1) is 0 Å². The Balaban J connectivity index is 1.71. The molecule has 0 aromatic heterocycles. The molecule has 102 valence electrons. The molecule has 3 nitrogen and oxygen atoms in total. The number of carbonyl (C=O) groups excluding carboxylic acids is 1. The normalized spacial score (nSPS) is 22.6. The fraction of sp³-hybridized carbons (Fsp3) is 0.533. The van der Waals surface area contributed by atoms with Gasteiger partial charge in [-0.25, -0.2) is 4.39 Å². The molecule has 1 fully saturated rings.